The van der Waals surface area contributed by atoms with Gasteiger partial charge in [-0.3, -0.25) is 0 Å². The molecule has 0 spiro atoms. The summed E-state index contributed by atoms with van der Waals surface area (Å²) in [5, 5.41) is 9.70. The van der Waals surface area contributed by atoms with Crippen LogP contribution in [-0.2, 0) is 0 Å². The van der Waals surface area contributed by atoms with E-state index in [0.29, 0.717) is 12.6 Å². The lowest BCUT2D eigenvalue weighted by molar-refractivity contribution is 0.157. The molecule has 0 amide bonds. The van der Waals surface area contributed by atoms with E-state index in [0.717, 1.165) is 43.4 Å². The first-order valence-corrected chi connectivity index (χ1v) is 8.38. The van der Waals surface area contributed by atoms with Gasteiger partial charge in [-0.1, -0.05) is 0 Å². The molecule has 0 radical (unpaired) electrons. The van der Waals surface area contributed by atoms with Gasteiger partial charge in [-0.15, -0.1) is 0 Å². The largest absolute Gasteiger partial charge is 0.494 e. The summed E-state index contributed by atoms with van der Waals surface area (Å²) >= 11 is 0. The Bertz CT molecular complexity index is 464. The molecule has 4 heteroatoms. The maximum atomic E-state index is 12.8. The first-order valence-electron chi connectivity index (χ1n) is 8.38. The minimum Gasteiger partial charge on any atom is -0.494 e. The molecule has 0 saturated heterocycles. The van der Waals surface area contributed by atoms with Crippen LogP contribution in [0.4, 0.5) is 4.39 Å². The molecule has 3 rings (SSSR count). The van der Waals surface area contributed by atoms with Crippen molar-refractivity contribution in [1.82, 2.24) is 4.90 Å². The van der Waals surface area contributed by atoms with Crippen LogP contribution in [0.15, 0.2) is 24.3 Å². The summed E-state index contributed by atoms with van der Waals surface area (Å²) in [5.74, 6) is 1.97. The summed E-state index contributed by atoms with van der Waals surface area (Å²) in [7, 11) is 2.19. The highest BCUT2D eigenvalue weighted by atomic mass is 19.1. The van der Waals surface area contributed by atoms with Crippen molar-refractivity contribution in [2.24, 2.45) is 11.8 Å². The predicted octanol–water partition coefficient (Wildman–Crippen LogP) is 3.08. The van der Waals surface area contributed by atoms with E-state index in [1.807, 2.05) is 0 Å². The molecular formula is C18H26FNO2. The lowest BCUT2D eigenvalue weighted by Crippen LogP contribution is -2.32. The van der Waals surface area contributed by atoms with Crippen LogP contribution in [0.1, 0.15) is 32.1 Å². The number of benzene rings is 1. The van der Waals surface area contributed by atoms with Crippen LogP contribution in [0, 0.1) is 17.7 Å². The molecule has 1 aromatic carbocycles. The second-order valence-corrected chi connectivity index (χ2v) is 6.91. The summed E-state index contributed by atoms with van der Waals surface area (Å²) in [6.45, 7) is 1.68. The molecule has 1 aromatic rings. The topological polar surface area (TPSA) is 32.7 Å². The molecule has 0 aromatic heterocycles. The smallest absolute Gasteiger partial charge is 0.123 e. The van der Waals surface area contributed by atoms with E-state index in [4.69, 9.17) is 4.74 Å². The summed E-state index contributed by atoms with van der Waals surface area (Å²) in [5.41, 5.74) is 0. The molecule has 2 unspecified atom stereocenters. The van der Waals surface area contributed by atoms with E-state index >= 15 is 0 Å². The number of ether oxygens (including phenoxy) is 1. The van der Waals surface area contributed by atoms with Crippen LogP contribution in [0.25, 0.3) is 0 Å². The molecule has 2 aliphatic carbocycles. The number of fused-ring (bicyclic) bond motifs is 1. The van der Waals surface area contributed by atoms with Crippen molar-refractivity contribution >= 4 is 0 Å². The number of aliphatic hydroxyl groups is 1. The second-order valence-electron chi connectivity index (χ2n) is 6.91. The fourth-order valence-corrected chi connectivity index (χ4v) is 4.13. The monoisotopic (exact) mass is 307 g/mol. The zero-order valence-corrected chi connectivity index (χ0v) is 13.2. The quantitative estimate of drug-likeness (QED) is 0.820. The molecule has 2 aliphatic rings. The summed E-state index contributed by atoms with van der Waals surface area (Å²) < 4.78 is 18.4. The van der Waals surface area contributed by atoms with E-state index in [-0.39, 0.29) is 11.9 Å². The molecular weight excluding hydrogens is 281 g/mol. The Kier molecular flexibility index (Phi) is 4.99. The second kappa shape index (κ2) is 6.97. The van der Waals surface area contributed by atoms with Gasteiger partial charge < -0.3 is 14.7 Å². The van der Waals surface area contributed by atoms with E-state index < -0.39 is 0 Å². The van der Waals surface area contributed by atoms with Gasteiger partial charge in [0.25, 0.3) is 0 Å². The zero-order valence-electron chi connectivity index (χ0n) is 13.2. The molecule has 4 atom stereocenters. The Hall–Kier alpha value is -1.13. The fraction of sp³-hybridized carbons (Fsp3) is 0.667. The third kappa shape index (κ3) is 3.79. The Morgan fingerprint density at radius 1 is 1.14 bits per heavy atom. The number of hydrogen-bond donors (Lipinski definition) is 1. The van der Waals surface area contributed by atoms with Crippen LogP contribution in [0.5, 0.6) is 5.75 Å². The molecule has 0 aliphatic heterocycles. The third-order valence-corrected chi connectivity index (χ3v) is 5.33. The van der Waals surface area contributed by atoms with Gasteiger partial charge in [0.2, 0.25) is 0 Å². The van der Waals surface area contributed by atoms with Crippen molar-refractivity contribution in [2.45, 2.75) is 44.2 Å². The molecule has 0 heterocycles. The number of nitrogens with zero attached hydrogens (tertiary/aromatic N) is 1. The summed E-state index contributed by atoms with van der Waals surface area (Å²) in [6, 6.07) is 6.85. The Morgan fingerprint density at radius 2 is 1.77 bits per heavy atom. The summed E-state index contributed by atoms with van der Waals surface area (Å²) in [6.07, 6.45) is 5.40. The van der Waals surface area contributed by atoms with Crippen LogP contribution in [-0.4, -0.2) is 42.4 Å². The van der Waals surface area contributed by atoms with Gasteiger partial charge in [0, 0.05) is 12.6 Å². The molecule has 0 bridgehead atoms. The first kappa shape index (κ1) is 15.8. The number of aliphatic hydroxyl groups excluding tert-OH is 1. The lowest BCUT2D eigenvalue weighted by atomic mass is 10.0. The predicted molar refractivity (Wildman–Crippen MR) is 84.4 cm³/mol. The van der Waals surface area contributed by atoms with Gasteiger partial charge in [0.05, 0.1) is 12.7 Å². The maximum absolute atomic E-state index is 12.8. The van der Waals surface area contributed by atoms with Crippen molar-refractivity contribution in [3.8, 4) is 5.75 Å². The Balaban J connectivity index is 1.35. The van der Waals surface area contributed by atoms with Crippen LogP contribution in [0.2, 0.25) is 0 Å². The normalized spacial score (nSPS) is 30.7. The van der Waals surface area contributed by atoms with Gasteiger partial charge in [-0.2, -0.15) is 0 Å². The lowest BCUT2D eigenvalue weighted by Gasteiger charge is -2.25. The molecule has 1 N–H and O–H groups in total. The van der Waals surface area contributed by atoms with E-state index in [9.17, 15) is 9.50 Å². The number of hydrogen-bond acceptors (Lipinski definition) is 3. The molecule has 2 fully saturated rings. The van der Waals surface area contributed by atoms with Gasteiger partial charge in [0.15, 0.2) is 0 Å². The number of rotatable bonds is 6. The molecule has 2 saturated carbocycles. The van der Waals surface area contributed by atoms with Crippen molar-refractivity contribution in [3.05, 3.63) is 30.1 Å². The van der Waals surface area contributed by atoms with Gasteiger partial charge in [-0.25, -0.2) is 4.39 Å². The van der Waals surface area contributed by atoms with Crippen molar-refractivity contribution in [1.29, 1.82) is 0 Å². The van der Waals surface area contributed by atoms with Gasteiger partial charge >= 0.3 is 0 Å². The standard InChI is InChI=1S/C18H26FNO2/c1-20(16-9-13-11-17(21)12-14(13)10-16)7-2-8-22-18-5-3-15(19)4-6-18/h3-6,13-14,16-17,21H,2,7-12H2,1H3/t13-,14+,16?,17?. The molecule has 22 heavy (non-hydrogen) atoms. The first-order chi connectivity index (χ1) is 10.6. The average molecular weight is 307 g/mol. The Labute approximate surface area is 132 Å². The fourth-order valence-electron chi connectivity index (χ4n) is 4.13. The molecule has 122 valence electrons. The van der Waals surface area contributed by atoms with E-state index in [2.05, 4.69) is 11.9 Å². The van der Waals surface area contributed by atoms with Crippen molar-refractivity contribution < 1.29 is 14.2 Å². The minimum atomic E-state index is -0.232. The van der Waals surface area contributed by atoms with Crippen LogP contribution >= 0.6 is 0 Å². The van der Waals surface area contributed by atoms with Crippen LogP contribution < -0.4 is 4.74 Å². The van der Waals surface area contributed by atoms with Gasteiger partial charge in [-0.05, 0) is 75.3 Å². The summed E-state index contributed by atoms with van der Waals surface area (Å²) in [4.78, 5) is 2.44. The van der Waals surface area contributed by atoms with E-state index in [1.165, 1.54) is 25.0 Å². The number of halogens is 1. The maximum Gasteiger partial charge on any atom is 0.123 e. The zero-order chi connectivity index (χ0) is 15.5. The third-order valence-electron chi connectivity index (χ3n) is 5.33. The van der Waals surface area contributed by atoms with Gasteiger partial charge in [0.1, 0.15) is 11.6 Å². The van der Waals surface area contributed by atoms with Crippen molar-refractivity contribution in [2.75, 3.05) is 20.2 Å². The van der Waals surface area contributed by atoms with Crippen LogP contribution in [0.3, 0.4) is 0 Å². The SMILES string of the molecule is CN(CCCOc1ccc(F)cc1)C1C[C@H]2CC(O)C[C@H]2C1. The average Bonchev–Trinajstić information content (AvgIpc) is 3.02. The highest BCUT2D eigenvalue weighted by Gasteiger charge is 2.41. The highest BCUT2D eigenvalue weighted by Crippen LogP contribution is 2.45. The van der Waals surface area contributed by atoms with E-state index in [1.54, 1.807) is 12.1 Å². The highest BCUT2D eigenvalue weighted by molar-refractivity contribution is 5.21. The Morgan fingerprint density at radius 3 is 2.41 bits per heavy atom. The van der Waals surface area contributed by atoms with Crippen molar-refractivity contribution in [3.63, 3.8) is 0 Å². The minimum absolute atomic E-state index is 0.0506. The molecule has 3 nitrogen and oxygen atoms in total.